The SMILES string of the molecule is Cc1ccccc1C1/C(=C(\O)c2cnccn2)C(=O)C(=O)N1Cc1cccs1. The summed E-state index contributed by atoms with van der Waals surface area (Å²) in [7, 11) is 0. The number of thiophene rings is 1. The van der Waals surface area contributed by atoms with Crippen LogP contribution in [-0.2, 0) is 16.1 Å². The molecule has 6 nitrogen and oxygen atoms in total. The summed E-state index contributed by atoms with van der Waals surface area (Å²) in [5, 5.41) is 12.8. The van der Waals surface area contributed by atoms with Crippen LogP contribution in [0.3, 0.4) is 0 Å². The number of benzene rings is 1. The maximum atomic E-state index is 12.9. The molecule has 2 aromatic heterocycles. The lowest BCUT2D eigenvalue weighted by Gasteiger charge is -2.26. The Morgan fingerprint density at radius 1 is 1.18 bits per heavy atom. The van der Waals surface area contributed by atoms with Gasteiger partial charge in [-0.25, -0.2) is 4.98 Å². The zero-order valence-electron chi connectivity index (χ0n) is 15.1. The Labute approximate surface area is 165 Å². The topological polar surface area (TPSA) is 83.4 Å². The zero-order chi connectivity index (χ0) is 19.7. The molecule has 0 saturated carbocycles. The lowest BCUT2D eigenvalue weighted by Crippen LogP contribution is -2.29. The minimum absolute atomic E-state index is 0.0383. The Kier molecular flexibility index (Phi) is 4.75. The van der Waals surface area contributed by atoms with Gasteiger partial charge in [0.25, 0.3) is 11.7 Å². The molecule has 1 N–H and O–H groups in total. The van der Waals surface area contributed by atoms with E-state index in [4.69, 9.17) is 0 Å². The summed E-state index contributed by atoms with van der Waals surface area (Å²) in [5.41, 5.74) is 1.92. The summed E-state index contributed by atoms with van der Waals surface area (Å²) in [5.74, 6) is -1.66. The Balaban J connectivity index is 1.90. The molecule has 0 radical (unpaired) electrons. The average molecular weight is 391 g/mol. The number of aliphatic hydroxyl groups is 1. The van der Waals surface area contributed by atoms with Crippen molar-refractivity contribution in [3.63, 3.8) is 0 Å². The van der Waals surface area contributed by atoms with Crippen LogP contribution in [0.2, 0.25) is 0 Å². The van der Waals surface area contributed by atoms with Crippen LogP contribution in [0.1, 0.15) is 27.7 Å². The summed E-state index contributed by atoms with van der Waals surface area (Å²) in [6.07, 6.45) is 4.28. The van der Waals surface area contributed by atoms with E-state index in [1.54, 1.807) is 0 Å². The quantitative estimate of drug-likeness (QED) is 0.418. The van der Waals surface area contributed by atoms with Crippen molar-refractivity contribution in [2.45, 2.75) is 19.5 Å². The first kappa shape index (κ1) is 18.1. The maximum Gasteiger partial charge on any atom is 0.295 e. The Morgan fingerprint density at radius 2 is 2.00 bits per heavy atom. The number of carbonyl (C=O) groups excluding carboxylic acids is 2. The predicted octanol–water partition coefficient (Wildman–Crippen LogP) is 3.47. The van der Waals surface area contributed by atoms with Crippen molar-refractivity contribution < 1.29 is 14.7 Å². The summed E-state index contributed by atoms with van der Waals surface area (Å²) in [6, 6.07) is 10.7. The molecule has 4 rings (SSSR count). The smallest absolute Gasteiger partial charge is 0.295 e. The van der Waals surface area contributed by atoms with E-state index in [1.807, 2.05) is 48.7 Å². The van der Waals surface area contributed by atoms with Crippen LogP contribution in [0.25, 0.3) is 5.76 Å². The summed E-state index contributed by atoms with van der Waals surface area (Å²) < 4.78 is 0. The van der Waals surface area contributed by atoms with Gasteiger partial charge in [-0.3, -0.25) is 14.6 Å². The van der Waals surface area contributed by atoms with Crippen molar-refractivity contribution in [1.29, 1.82) is 0 Å². The first-order valence-corrected chi connectivity index (χ1v) is 9.58. The molecule has 1 fully saturated rings. The number of hydrogen-bond acceptors (Lipinski definition) is 6. The average Bonchev–Trinajstić information content (AvgIpc) is 3.31. The second-order valence-electron chi connectivity index (χ2n) is 6.45. The standard InChI is InChI=1S/C21H17N3O3S/c1-13-5-2-3-7-15(13)18-17(19(25)16-11-22-8-9-23-16)20(26)21(27)24(18)12-14-6-4-10-28-14/h2-11,18,25H,12H2,1H3/b19-17+. The van der Waals surface area contributed by atoms with Gasteiger partial charge in [0.2, 0.25) is 0 Å². The van der Waals surface area contributed by atoms with Gasteiger partial charge in [-0.15, -0.1) is 11.3 Å². The van der Waals surface area contributed by atoms with E-state index >= 15 is 0 Å². The number of aliphatic hydroxyl groups excluding tert-OH is 1. The molecular weight excluding hydrogens is 374 g/mol. The minimum Gasteiger partial charge on any atom is -0.505 e. The normalized spacial score (nSPS) is 18.6. The van der Waals surface area contributed by atoms with Crippen molar-refractivity contribution in [1.82, 2.24) is 14.9 Å². The van der Waals surface area contributed by atoms with Crippen LogP contribution in [0.4, 0.5) is 0 Å². The third-order valence-electron chi connectivity index (χ3n) is 4.74. The van der Waals surface area contributed by atoms with E-state index in [2.05, 4.69) is 9.97 Å². The molecule has 1 aromatic carbocycles. The first-order valence-electron chi connectivity index (χ1n) is 8.70. The number of aryl methyl sites for hydroxylation is 1. The number of likely N-dealkylation sites (tertiary alicyclic amines) is 1. The van der Waals surface area contributed by atoms with Crippen molar-refractivity contribution >= 4 is 28.8 Å². The van der Waals surface area contributed by atoms with Gasteiger partial charge in [0.15, 0.2) is 5.76 Å². The van der Waals surface area contributed by atoms with Gasteiger partial charge in [-0.1, -0.05) is 30.3 Å². The van der Waals surface area contributed by atoms with E-state index in [0.717, 1.165) is 16.0 Å². The van der Waals surface area contributed by atoms with Crippen molar-refractivity contribution in [3.05, 3.63) is 87.6 Å². The Morgan fingerprint density at radius 3 is 2.68 bits per heavy atom. The Hall–Kier alpha value is -3.32. The molecule has 3 aromatic rings. The van der Waals surface area contributed by atoms with Gasteiger partial charge in [-0.2, -0.15) is 0 Å². The number of Topliss-reactive ketones (excluding diaryl/α,β-unsaturated/α-hetero) is 1. The van der Waals surface area contributed by atoms with Gasteiger partial charge in [-0.05, 0) is 29.5 Å². The van der Waals surface area contributed by atoms with Crippen molar-refractivity contribution in [2.24, 2.45) is 0 Å². The van der Waals surface area contributed by atoms with Crippen LogP contribution in [0.5, 0.6) is 0 Å². The van der Waals surface area contributed by atoms with Gasteiger partial charge < -0.3 is 10.0 Å². The van der Waals surface area contributed by atoms with Gasteiger partial charge in [0.05, 0.1) is 24.4 Å². The van der Waals surface area contributed by atoms with Crippen molar-refractivity contribution in [3.8, 4) is 0 Å². The number of hydrogen-bond donors (Lipinski definition) is 1. The van der Waals surface area contributed by atoms with E-state index in [1.165, 1.54) is 34.8 Å². The highest BCUT2D eigenvalue weighted by Gasteiger charge is 2.46. The lowest BCUT2D eigenvalue weighted by molar-refractivity contribution is -0.140. The largest absolute Gasteiger partial charge is 0.505 e. The molecular formula is C21H17N3O3S. The van der Waals surface area contributed by atoms with Crippen LogP contribution in [0.15, 0.2) is 65.9 Å². The summed E-state index contributed by atoms with van der Waals surface area (Å²) in [4.78, 5) is 36.3. The molecule has 1 unspecified atom stereocenters. The Bertz CT molecular complexity index is 1060. The molecule has 0 spiro atoms. The molecule has 1 aliphatic heterocycles. The van der Waals surface area contributed by atoms with E-state index in [-0.39, 0.29) is 17.0 Å². The minimum atomic E-state index is -0.715. The summed E-state index contributed by atoms with van der Waals surface area (Å²) >= 11 is 1.51. The third-order valence-corrected chi connectivity index (χ3v) is 5.60. The fraction of sp³-hybridized carbons (Fsp3) is 0.143. The van der Waals surface area contributed by atoms with Crippen LogP contribution < -0.4 is 0 Å². The first-order chi connectivity index (χ1) is 13.6. The number of rotatable bonds is 4. The molecule has 1 atom stereocenters. The molecule has 28 heavy (non-hydrogen) atoms. The van der Waals surface area contributed by atoms with E-state index in [0.29, 0.717) is 6.54 Å². The maximum absolute atomic E-state index is 12.9. The summed E-state index contributed by atoms with van der Waals surface area (Å²) in [6.45, 7) is 2.21. The van der Waals surface area contributed by atoms with Crippen molar-refractivity contribution in [2.75, 3.05) is 0 Å². The van der Waals surface area contributed by atoms with Gasteiger partial charge in [0.1, 0.15) is 5.69 Å². The molecule has 0 aliphatic carbocycles. The third kappa shape index (κ3) is 3.10. The molecule has 1 aliphatic rings. The van der Waals surface area contributed by atoms with E-state index < -0.39 is 17.7 Å². The molecule has 140 valence electrons. The number of nitrogens with zero attached hydrogens (tertiary/aromatic N) is 3. The fourth-order valence-corrected chi connectivity index (χ4v) is 4.09. The number of aromatic nitrogens is 2. The van der Waals surface area contributed by atoms with Gasteiger partial charge >= 0.3 is 0 Å². The fourth-order valence-electron chi connectivity index (χ4n) is 3.39. The number of ketones is 1. The van der Waals surface area contributed by atoms with Crippen LogP contribution >= 0.6 is 11.3 Å². The highest BCUT2D eigenvalue weighted by atomic mass is 32.1. The van der Waals surface area contributed by atoms with Gasteiger partial charge in [0, 0.05) is 17.3 Å². The molecule has 1 amide bonds. The number of amides is 1. The molecule has 3 heterocycles. The molecule has 7 heteroatoms. The van der Waals surface area contributed by atoms with Crippen LogP contribution in [-0.4, -0.2) is 31.7 Å². The molecule has 0 bridgehead atoms. The highest BCUT2D eigenvalue weighted by molar-refractivity contribution is 7.09. The van der Waals surface area contributed by atoms with Crippen LogP contribution in [0, 0.1) is 6.92 Å². The lowest BCUT2D eigenvalue weighted by atomic mass is 9.93. The van der Waals surface area contributed by atoms with E-state index in [9.17, 15) is 14.7 Å². The monoisotopic (exact) mass is 391 g/mol. The number of carbonyl (C=O) groups is 2. The second-order valence-corrected chi connectivity index (χ2v) is 7.49. The second kappa shape index (κ2) is 7.36. The zero-order valence-corrected chi connectivity index (χ0v) is 15.9. The predicted molar refractivity (Wildman–Crippen MR) is 105 cm³/mol. The molecule has 1 saturated heterocycles. The highest BCUT2D eigenvalue weighted by Crippen LogP contribution is 2.41.